The Bertz CT molecular complexity index is 635. The molecule has 5 nitrogen and oxygen atoms in total. The van der Waals surface area contributed by atoms with Gasteiger partial charge in [-0.05, 0) is 50.8 Å². The van der Waals surface area contributed by atoms with Gasteiger partial charge in [0.05, 0.1) is 11.5 Å². The van der Waals surface area contributed by atoms with E-state index in [2.05, 4.69) is 0 Å². The highest BCUT2D eigenvalue weighted by molar-refractivity contribution is 7.89. The molecule has 0 N–H and O–H groups in total. The quantitative estimate of drug-likeness (QED) is 0.754. The monoisotopic (exact) mass is 311 g/mol. The first-order chi connectivity index (χ1) is 9.86. The second-order valence-electron chi connectivity index (χ2n) is 5.36. The predicted octanol–water partition coefficient (Wildman–Crippen LogP) is 2.02. The summed E-state index contributed by atoms with van der Waals surface area (Å²) in [4.78, 5) is 12.0. The normalized spacial score (nSPS) is 15.2. The predicted molar refractivity (Wildman–Crippen MR) is 79.5 cm³/mol. The smallest absolute Gasteiger partial charge is 0.321 e. The van der Waals surface area contributed by atoms with E-state index in [0.717, 1.165) is 18.4 Å². The minimum absolute atomic E-state index is 0.0840. The van der Waals surface area contributed by atoms with Crippen LogP contribution in [0.1, 0.15) is 30.9 Å². The van der Waals surface area contributed by atoms with Crippen molar-refractivity contribution in [3.05, 3.63) is 29.3 Å². The van der Waals surface area contributed by atoms with Gasteiger partial charge in [0.25, 0.3) is 0 Å². The average molecular weight is 311 g/mol. The number of nitrogens with zero attached hydrogens (tertiary/aromatic N) is 1. The Morgan fingerprint density at radius 3 is 2.57 bits per heavy atom. The topological polar surface area (TPSA) is 63.7 Å². The van der Waals surface area contributed by atoms with Crippen LogP contribution in [0.3, 0.4) is 0 Å². The fraction of sp³-hybridized carbons (Fsp3) is 0.533. The van der Waals surface area contributed by atoms with Crippen LogP contribution < -0.4 is 0 Å². The first-order valence-electron chi connectivity index (χ1n) is 7.11. The molecule has 116 valence electrons. The molecule has 0 atom stereocenters. The first kappa shape index (κ1) is 16.0. The number of hydrogen-bond donors (Lipinski definition) is 0. The minimum atomic E-state index is -3.67. The fourth-order valence-corrected chi connectivity index (χ4v) is 4.16. The number of esters is 1. The summed E-state index contributed by atoms with van der Waals surface area (Å²) in [6.45, 7) is 5.36. The van der Waals surface area contributed by atoms with Crippen LogP contribution in [-0.4, -0.2) is 37.9 Å². The van der Waals surface area contributed by atoms with Crippen molar-refractivity contribution >= 4 is 16.0 Å². The van der Waals surface area contributed by atoms with E-state index in [1.165, 1.54) is 4.31 Å². The number of benzene rings is 1. The number of sulfonamides is 1. The van der Waals surface area contributed by atoms with Crippen LogP contribution in [0.25, 0.3) is 0 Å². The van der Waals surface area contributed by atoms with Gasteiger partial charge >= 0.3 is 5.97 Å². The van der Waals surface area contributed by atoms with Gasteiger partial charge < -0.3 is 4.74 Å². The molecule has 1 fully saturated rings. The van der Waals surface area contributed by atoms with Crippen molar-refractivity contribution < 1.29 is 17.9 Å². The van der Waals surface area contributed by atoms with Crippen LogP contribution >= 0.6 is 0 Å². The van der Waals surface area contributed by atoms with Gasteiger partial charge in [-0.1, -0.05) is 12.1 Å². The summed E-state index contributed by atoms with van der Waals surface area (Å²) in [5.74, 6) is -0.502. The largest absolute Gasteiger partial charge is 0.465 e. The number of carbonyl (C=O) groups is 1. The van der Waals surface area contributed by atoms with E-state index in [1.807, 2.05) is 13.0 Å². The molecule has 2 rings (SSSR count). The molecule has 0 bridgehead atoms. The van der Waals surface area contributed by atoms with E-state index in [4.69, 9.17) is 4.74 Å². The molecule has 21 heavy (non-hydrogen) atoms. The third kappa shape index (κ3) is 3.63. The van der Waals surface area contributed by atoms with E-state index in [1.54, 1.807) is 26.0 Å². The summed E-state index contributed by atoms with van der Waals surface area (Å²) >= 11 is 0. The molecule has 1 aliphatic carbocycles. The zero-order valence-electron chi connectivity index (χ0n) is 12.6. The number of ether oxygens (including phenoxy) is 1. The van der Waals surface area contributed by atoms with Crippen molar-refractivity contribution in [3.8, 4) is 0 Å². The van der Waals surface area contributed by atoms with Gasteiger partial charge in [-0.25, -0.2) is 8.42 Å². The lowest BCUT2D eigenvalue weighted by molar-refractivity contribution is -0.143. The second kappa shape index (κ2) is 6.15. The molecule has 1 saturated carbocycles. The van der Waals surface area contributed by atoms with Gasteiger partial charge in [0.15, 0.2) is 0 Å². The lowest BCUT2D eigenvalue weighted by Gasteiger charge is -2.22. The molecule has 0 aromatic heterocycles. The highest BCUT2D eigenvalue weighted by Crippen LogP contribution is 2.33. The highest BCUT2D eigenvalue weighted by Gasteiger charge is 2.40. The average Bonchev–Trinajstić information content (AvgIpc) is 3.23. The highest BCUT2D eigenvalue weighted by atomic mass is 32.2. The maximum absolute atomic E-state index is 12.8. The zero-order chi connectivity index (χ0) is 15.6. The van der Waals surface area contributed by atoms with E-state index in [9.17, 15) is 13.2 Å². The summed E-state index contributed by atoms with van der Waals surface area (Å²) in [5.41, 5.74) is 1.57. The van der Waals surface area contributed by atoms with Crippen LogP contribution in [0.5, 0.6) is 0 Å². The minimum Gasteiger partial charge on any atom is -0.465 e. The van der Waals surface area contributed by atoms with E-state index >= 15 is 0 Å². The summed E-state index contributed by atoms with van der Waals surface area (Å²) in [5, 5.41) is 0. The summed E-state index contributed by atoms with van der Waals surface area (Å²) in [6, 6.07) is 5.24. The number of aryl methyl sites for hydroxylation is 2. The van der Waals surface area contributed by atoms with E-state index in [-0.39, 0.29) is 24.1 Å². The zero-order valence-corrected chi connectivity index (χ0v) is 13.4. The maximum Gasteiger partial charge on any atom is 0.321 e. The molecule has 1 aromatic carbocycles. The van der Waals surface area contributed by atoms with Crippen molar-refractivity contribution in [1.29, 1.82) is 0 Å². The van der Waals surface area contributed by atoms with Crippen molar-refractivity contribution in [3.63, 3.8) is 0 Å². The van der Waals surface area contributed by atoms with Crippen molar-refractivity contribution in [2.24, 2.45) is 0 Å². The molecule has 1 aromatic rings. The number of rotatable bonds is 6. The first-order valence-corrected chi connectivity index (χ1v) is 8.55. The Morgan fingerprint density at radius 1 is 1.33 bits per heavy atom. The van der Waals surface area contributed by atoms with Gasteiger partial charge in [-0.2, -0.15) is 4.31 Å². The van der Waals surface area contributed by atoms with Gasteiger partial charge in [0, 0.05) is 6.04 Å². The van der Waals surface area contributed by atoms with Crippen LogP contribution in [0.4, 0.5) is 0 Å². The third-order valence-electron chi connectivity index (χ3n) is 3.47. The second-order valence-corrected chi connectivity index (χ2v) is 7.21. The summed E-state index contributed by atoms with van der Waals surface area (Å²) in [7, 11) is -3.67. The standard InChI is InChI=1S/C15H21NO4S/c1-4-20-15(17)10-16(13-7-8-13)21(18,19)14-9-11(2)5-6-12(14)3/h5-6,9,13H,4,7-8,10H2,1-3H3. The molecule has 0 amide bonds. The molecule has 0 saturated heterocycles. The van der Waals surface area contributed by atoms with Crippen LogP contribution in [0, 0.1) is 13.8 Å². The van der Waals surface area contributed by atoms with Crippen LogP contribution in [0.2, 0.25) is 0 Å². The Morgan fingerprint density at radius 2 is 2.00 bits per heavy atom. The molecule has 0 radical (unpaired) electrons. The molecular formula is C15H21NO4S. The Hall–Kier alpha value is -1.40. The third-order valence-corrected chi connectivity index (χ3v) is 5.52. The lowest BCUT2D eigenvalue weighted by atomic mass is 10.2. The molecule has 1 aliphatic rings. The van der Waals surface area contributed by atoms with Crippen LogP contribution in [0.15, 0.2) is 23.1 Å². The molecule has 0 aliphatic heterocycles. The van der Waals surface area contributed by atoms with Gasteiger partial charge in [0.1, 0.15) is 6.54 Å². The van der Waals surface area contributed by atoms with Crippen LogP contribution in [-0.2, 0) is 19.6 Å². The molecule has 6 heteroatoms. The Kier molecular flexibility index (Phi) is 4.68. The Balaban J connectivity index is 2.34. The van der Waals surface area contributed by atoms with Gasteiger partial charge in [0.2, 0.25) is 10.0 Å². The van der Waals surface area contributed by atoms with Gasteiger partial charge in [-0.15, -0.1) is 0 Å². The maximum atomic E-state index is 12.8. The van der Waals surface area contributed by atoms with Crippen molar-refractivity contribution in [2.45, 2.75) is 44.6 Å². The van der Waals surface area contributed by atoms with E-state index < -0.39 is 16.0 Å². The molecule has 0 spiro atoms. The fourth-order valence-electron chi connectivity index (χ4n) is 2.22. The van der Waals surface area contributed by atoms with Crippen molar-refractivity contribution in [1.82, 2.24) is 4.31 Å². The summed E-state index contributed by atoms with van der Waals surface area (Å²) < 4.78 is 31.9. The molecule has 0 unspecified atom stereocenters. The number of carbonyl (C=O) groups excluding carboxylic acids is 1. The summed E-state index contributed by atoms with van der Waals surface area (Å²) in [6.07, 6.45) is 1.59. The lowest BCUT2D eigenvalue weighted by Crippen LogP contribution is -2.38. The number of hydrogen-bond acceptors (Lipinski definition) is 4. The van der Waals surface area contributed by atoms with E-state index in [0.29, 0.717) is 5.56 Å². The SMILES string of the molecule is CCOC(=O)CN(C1CC1)S(=O)(=O)c1cc(C)ccc1C. The molecule has 0 heterocycles. The van der Waals surface area contributed by atoms with Gasteiger partial charge in [-0.3, -0.25) is 4.79 Å². The Labute approximate surface area is 126 Å². The van der Waals surface area contributed by atoms with Crippen molar-refractivity contribution in [2.75, 3.05) is 13.2 Å². The molecular weight excluding hydrogens is 290 g/mol.